The van der Waals surface area contributed by atoms with E-state index in [9.17, 15) is 14.9 Å². The van der Waals surface area contributed by atoms with E-state index in [0.717, 1.165) is 5.69 Å². The first-order chi connectivity index (χ1) is 11.5. The number of hydrogen-bond donors (Lipinski definition) is 2. The molecule has 1 aromatic carbocycles. The first-order valence-electron chi connectivity index (χ1n) is 7.15. The smallest absolute Gasteiger partial charge is 0.287 e. The van der Waals surface area contributed by atoms with Gasteiger partial charge in [0, 0.05) is 30.4 Å². The van der Waals surface area contributed by atoms with Crippen molar-refractivity contribution < 1.29 is 9.72 Å². The molecule has 1 heterocycles. The van der Waals surface area contributed by atoms with Gasteiger partial charge in [-0.25, -0.2) is 4.98 Å². The summed E-state index contributed by atoms with van der Waals surface area (Å²) in [6.45, 7) is 2.15. The third kappa shape index (κ3) is 4.51. The Hall–Kier alpha value is -3.47. The van der Waals surface area contributed by atoms with E-state index < -0.39 is 4.92 Å². The molecule has 0 saturated heterocycles. The minimum absolute atomic E-state index is 0.0292. The van der Waals surface area contributed by atoms with Crippen LogP contribution < -0.4 is 10.6 Å². The van der Waals surface area contributed by atoms with Crippen LogP contribution in [0.25, 0.3) is 0 Å². The van der Waals surface area contributed by atoms with E-state index in [1.54, 1.807) is 18.2 Å². The van der Waals surface area contributed by atoms with Crippen LogP contribution in [-0.2, 0) is 4.79 Å². The fourth-order valence-corrected chi connectivity index (χ4v) is 2.03. The van der Waals surface area contributed by atoms with Crippen LogP contribution in [0.15, 0.2) is 36.4 Å². The Kier molecular flexibility index (Phi) is 5.41. The summed E-state index contributed by atoms with van der Waals surface area (Å²) in [6.07, 6.45) is 0.189. The van der Waals surface area contributed by atoms with Gasteiger partial charge in [0.1, 0.15) is 17.5 Å². The molecule has 8 nitrogen and oxygen atoms in total. The molecule has 8 heteroatoms. The van der Waals surface area contributed by atoms with Gasteiger partial charge in [0.05, 0.1) is 4.92 Å². The van der Waals surface area contributed by atoms with Crippen molar-refractivity contribution in [3.05, 3.63) is 57.8 Å². The van der Waals surface area contributed by atoms with Crippen LogP contribution in [0.4, 0.5) is 17.2 Å². The monoisotopic (exact) mass is 325 g/mol. The molecule has 0 aliphatic carbocycles. The maximum absolute atomic E-state index is 11.8. The summed E-state index contributed by atoms with van der Waals surface area (Å²) in [5.74, 6) is 0.283. The van der Waals surface area contributed by atoms with Crippen molar-refractivity contribution in [3.63, 3.8) is 0 Å². The third-order valence-electron chi connectivity index (χ3n) is 3.15. The fraction of sp³-hybridized carbons (Fsp3) is 0.188. The van der Waals surface area contributed by atoms with E-state index in [0.29, 0.717) is 18.1 Å². The fourth-order valence-electron chi connectivity index (χ4n) is 2.03. The molecule has 0 bridgehead atoms. The second kappa shape index (κ2) is 7.69. The molecule has 0 aliphatic heterocycles. The SMILES string of the molecule is Cc1cccc(NC(=O)CCNc2ccc([N+](=O)[O-])c(C#N)c2)n1. The number of carbonyl (C=O) groups is 1. The average Bonchev–Trinajstić information content (AvgIpc) is 2.54. The zero-order valence-corrected chi connectivity index (χ0v) is 12.9. The highest BCUT2D eigenvalue weighted by atomic mass is 16.6. The number of nitriles is 1. The number of hydrogen-bond acceptors (Lipinski definition) is 6. The lowest BCUT2D eigenvalue weighted by Gasteiger charge is -2.08. The van der Waals surface area contributed by atoms with E-state index in [4.69, 9.17) is 5.26 Å². The Labute approximate surface area is 138 Å². The standard InChI is InChI=1S/C16H15N5O3/c1-11-3-2-4-15(19-11)20-16(22)7-8-18-13-5-6-14(21(23)24)12(9-13)10-17/h2-6,9,18H,7-8H2,1H3,(H,19,20,22). The summed E-state index contributed by atoms with van der Waals surface area (Å²) in [4.78, 5) is 26.2. The lowest BCUT2D eigenvalue weighted by Crippen LogP contribution is -2.17. The number of nitrogens with one attached hydrogen (secondary N) is 2. The Morgan fingerprint density at radius 2 is 2.17 bits per heavy atom. The highest BCUT2D eigenvalue weighted by molar-refractivity contribution is 5.90. The molecule has 2 rings (SSSR count). The largest absolute Gasteiger partial charge is 0.384 e. The van der Waals surface area contributed by atoms with Gasteiger partial charge in [-0.2, -0.15) is 5.26 Å². The molecule has 0 aliphatic rings. The topological polar surface area (TPSA) is 121 Å². The maximum atomic E-state index is 11.8. The van der Waals surface area contributed by atoms with Gasteiger partial charge in [-0.05, 0) is 31.2 Å². The summed E-state index contributed by atoms with van der Waals surface area (Å²) in [7, 11) is 0. The summed E-state index contributed by atoms with van der Waals surface area (Å²) < 4.78 is 0. The van der Waals surface area contributed by atoms with Gasteiger partial charge < -0.3 is 10.6 Å². The molecule has 2 N–H and O–H groups in total. The first-order valence-corrected chi connectivity index (χ1v) is 7.15. The first kappa shape index (κ1) is 16.9. The van der Waals surface area contributed by atoms with Gasteiger partial charge in [0.15, 0.2) is 0 Å². The van der Waals surface area contributed by atoms with Crippen molar-refractivity contribution in [2.45, 2.75) is 13.3 Å². The van der Waals surface area contributed by atoms with Crippen LogP contribution in [0.5, 0.6) is 0 Å². The molecule has 24 heavy (non-hydrogen) atoms. The van der Waals surface area contributed by atoms with E-state index in [-0.39, 0.29) is 23.6 Å². The Balaban J connectivity index is 1.89. The molecule has 0 unspecified atom stereocenters. The molecule has 1 aromatic heterocycles. The Morgan fingerprint density at radius 3 is 2.83 bits per heavy atom. The van der Waals surface area contributed by atoms with E-state index in [1.807, 2.05) is 13.0 Å². The zero-order valence-electron chi connectivity index (χ0n) is 12.9. The Bertz CT molecular complexity index is 814. The van der Waals surface area contributed by atoms with Gasteiger partial charge in [0.25, 0.3) is 5.69 Å². The second-order valence-corrected chi connectivity index (χ2v) is 4.99. The molecule has 0 radical (unpaired) electrons. The molecule has 122 valence electrons. The van der Waals surface area contributed by atoms with Crippen LogP contribution in [0.3, 0.4) is 0 Å². The van der Waals surface area contributed by atoms with E-state index in [2.05, 4.69) is 15.6 Å². The maximum Gasteiger partial charge on any atom is 0.287 e. The third-order valence-corrected chi connectivity index (χ3v) is 3.15. The molecule has 1 amide bonds. The Morgan fingerprint density at radius 1 is 1.38 bits per heavy atom. The van der Waals surface area contributed by atoms with Crippen LogP contribution in [0.1, 0.15) is 17.7 Å². The molecular formula is C16H15N5O3. The molecule has 0 atom stereocenters. The second-order valence-electron chi connectivity index (χ2n) is 4.99. The number of pyridine rings is 1. The van der Waals surface area contributed by atoms with Gasteiger partial charge in [-0.15, -0.1) is 0 Å². The van der Waals surface area contributed by atoms with Crippen molar-refractivity contribution in [1.29, 1.82) is 5.26 Å². The van der Waals surface area contributed by atoms with Gasteiger partial charge >= 0.3 is 0 Å². The average molecular weight is 325 g/mol. The quantitative estimate of drug-likeness (QED) is 0.622. The van der Waals surface area contributed by atoms with E-state index in [1.165, 1.54) is 18.2 Å². The summed E-state index contributed by atoms with van der Waals surface area (Å²) in [6, 6.07) is 11.3. The minimum Gasteiger partial charge on any atom is -0.384 e. The summed E-state index contributed by atoms with van der Waals surface area (Å²) in [5, 5.41) is 25.3. The number of aryl methyl sites for hydroxylation is 1. The number of aromatic nitrogens is 1. The lowest BCUT2D eigenvalue weighted by atomic mass is 10.1. The number of rotatable bonds is 6. The van der Waals surface area contributed by atoms with Gasteiger partial charge in [0.2, 0.25) is 5.91 Å². The van der Waals surface area contributed by atoms with Crippen molar-refractivity contribution in [1.82, 2.24) is 4.98 Å². The molecule has 2 aromatic rings. The van der Waals surface area contributed by atoms with Crippen molar-refractivity contribution in [2.75, 3.05) is 17.2 Å². The zero-order chi connectivity index (χ0) is 17.5. The van der Waals surface area contributed by atoms with Crippen LogP contribution in [0.2, 0.25) is 0 Å². The molecule has 0 spiro atoms. The number of anilines is 2. The highest BCUT2D eigenvalue weighted by Gasteiger charge is 2.13. The van der Waals surface area contributed by atoms with Gasteiger partial charge in [-0.1, -0.05) is 6.07 Å². The normalized spacial score (nSPS) is 9.83. The van der Waals surface area contributed by atoms with Crippen LogP contribution in [-0.4, -0.2) is 22.4 Å². The number of nitro groups is 1. The number of amides is 1. The number of nitrogens with zero attached hydrogens (tertiary/aromatic N) is 3. The molecule has 0 fully saturated rings. The highest BCUT2D eigenvalue weighted by Crippen LogP contribution is 2.21. The van der Waals surface area contributed by atoms with Crippen LogP contribution >= 0.6 is 0 Å². The van der Waals surface area contributed by atoms with Crippen molar-refractivity contribution in [2.24, 2.45) is 0 Å². The number of carbonyl (C=O) groups excluding carboxylic acids is 1. The van der Waals surface area contributed by atoms with E-state index >= 15 is 0 Å². The lowest BCUT2D eigenvalue weighted by molar-refractivity contribution is -0.385. The summed E-state index contributed by atoms with van der Waals surface area (Å²) >= 11 is 0. The van der Waals surface area contributed by atoms with Crippen molar-refractivity contribution >= 4 is 23.1 Å². The van der Waals surface area contributed by atoms with Crippen molar-refractivity contribution in [3.8, 4) is 6.07 Å². The number of benzene rings is 1. The number of nitro benzene ring substituents is 1. The summed E-state index contributed by atoms with van der Waals surface area (Å²) in [5.41, 5.74) is 1.07. The van der Waals surface area contributed by atoms with Crippen LogP contribution in [0, 0.1) is 28.4 Å². The molecular weight excluding hydrogens is 310 g/mol. The van der Waals surface area contributed by atoms with Gasteiger partial charge in [-0.3, -0.25) is 14.9 Å². The predicted molar refractivity (Wildman–Crippen MR) is 88.5 cm³/mol. The minimum atomic E-state index is -0.607. The molecule has 0 saturated carbocycles. The predicted octanol–water partition coefficient (Wildman–Crippen LogP) is 2.61.